The van der Waals surface area contributed by atoms with Crippen LogP contribution in [-0.4, -0.2) is 43.6 Å². The Kier molecular flexibility index (Phi) is 18.1. The quantitative estimate of drug-likeness (QED) is 0.130. The predicted octanol–water partition coefficient (Wildman–Crippen LogP) is 34.7. The van der Waals surface area contributed by atoms with Crippen molar-refractivity contribution in [2.24, 2.45) is 0 Å². The SMILES string of the molecule is c1cc(-c2ccc3oc4c(-c5cccc6c5oc5ccccc56)ncnc4c3c2)cc(-c2cccc3c2sc2ccccc23)c1.c1cc(-c2ccc3oc4c(-n5c6ccccc6c6ccccc65)ncnc4c3c2)cc(-c2cccc3c2sc2ccccc23)c1.c1cc(-c2cccc(-n3c4ccccc4c4ccccc43)c2)cc(-c2ccc3oc4c(-n5c6ccccc6c6ccccc65)ncnc4c3c2)c1. The van der Waals surface area contributed by atoms with Gasteiger partial charge in [0.15, 0.2) is 28.4 Å². The fourth-order valence-electron chi connectivity index (χ4n) is 21.6. The maximum atomic E-state index is 6.55. The minimum absolute atomic E-state index is 0.655. The van der Waals surface area contributed by atoms with Gasteiger partial charge in [-0.25, -0.2) is 29.9 Å². The molecular formula is C126H73N9O4S2. The molecule has 0 unspecified atom stereocenters. The minimum atomic E-state index is 0.655. The van der Waals surface area contributed by atoms with Crippen LogP contribution in [0.3, 0.4) is 0 Å². The Morgan fingerprint density at radius 1 is 0.184 bits per heavy atom. The molecule has 0 aliphatic carbocycles. The van der Waals surface area contributed by atoms with Crippen LogP contribution in [0.1, 0.15) is 0 Å². The van der Waals surface area contributed by atoms with Crippen molar-refractivity contribution in [3.8, 4) is 95.3 Å². The van der Waals surface area contributed by atoms with Gasteiger partial charge in [0.1, 0.15) is 69.1 Å². The third-order valence-electron chi connectivity index (χ3n) is 28.0. The Labute approximate surface area is 810 Å². The number of para-hydroxylation sites is 8. The summed E-state index contributed by atoms with van der Waals surface area (Å²) in [7, 11) is 0. The van der Waals surface area contributed by atoms with Gasteiger partial charge < -0.3 is 22.2 Å². The fourth-order valence-corrected chi connectivity index (χ4v) is 24.1. The van der Waals surface area contributed by atoms with Crippen molar-refractivity contribution in [2.75, 3.05) is 0 Å². The van der Waals surface area contributed by atoms with Crippen LogP contribution < -0.4 is 0 Å². The Hall–Kier alpha value is -18.5. The molecule has 13 nitrogen and oxygen atoms in total. The van der Waals surface area contributed by atoms with Crippen LogP contribution in [0.25, 0.3) is 289 Å². The van der Waals surface area contributed by atoms with Crippen molar-refractivity contribution in [3.05, 3.63) is 444 Å². The Balaban J connectivity index is 0.000000102. The van der Waals surface area contributed by atoms with Gasteiger partial charge >= 0.3 is 0 Å². The molecule has 141 heavy (non-hydrogen) atoms. The van der Waals surface area contributed by atoms with Crippen LogP contribution >= 0.6 is 22.7 Å². The zero-order valence-electron chi connectivity index (χ0n) is 75.1. The lowest BCUT2D eigenvalue weighted by Gasteiger charge is -2.11. The molecule has 658 valence electrons. The average Bonchev–Trinajstić information content (AvgIpc) is 1.58. The number of furan rings is 4. The summed E-state index contributed by atoms with van der Waals surface area (Å²) in [6.45, 7) is 0. The highest BCUT2D eigenvalue weighted by atomic mass is 32.1. The molecule has 0 aliphatic heterocycles. The second-order valence-electron chi connectivity index (χ2n) is 35.8. The van der Waals surface area contributed by atoms with Crippen LogP contribution in [-0.2, 0) is 0 Å². The second-order valence-corrected chi connectivity index (χ2v) is 37.9. The summed E-state index contributed by atoms with van der Waals surface area (Å²) >= 11 is 3.72. The third-order valence-corrected chi connectivity index (χ3v) is 30.4. The molecule has 0 amide bonds. The zero-order valence-corrected chi connectivity index (χ0v) is 76.8. The Morgan fingerprint density at radius 2 is 0.489 bits per heavy atom. The number of fused-ring (bicyclic) bond motifs is 27. The van der Waals surface area contributed by atoms with Crippen molar-refractivity contribution in [1.82, 2.24) is 43.6 Å². The highest BCUT2D eigenvalue weighted by Crippen LogP contribution is 2.49. The topological polar surface area (TPSA) is 145 Å². The molecule has 12 aromatic heterocycles. The van der Waals surface area contributed by atoms with E-state index in [1.807, 2.05) is 59.1 Å². The number of rotatable bonds is 10. The molecule has 19 aromatic carbocycles. The van der Waals surface area contributed by atoms with Gasteiger partial charge in [0.25, 0.3) is 0 Å². The number of hydrogen-bond donors (Lipinski definition) is 0. The Morgan fingerprint density at radius 3 is 0.936 bits per heavy atom. The van der Waals surface area contributed by atoms with Gasteiger partial charge in [-0.3, -0.25) is 9.13 Å². The van der Waals surface area contributed by atoms with Crippen molar-refractivity contribution in [1.29, 1.82) is 0 Å². The van der Waals surface area contributed by atoms with E-state index in [1.54, 1.807) is 19.0 Å². The fraction of sp³-hybridized carbons (Fsp3) is 0. The molecule has 15 heteroatoms. The summed E-state index contributed by atoms with van der Waals surface area (Å²) in [5, 5.41) is 17.5. The first-order valence-corrected chi connectivity index (χ1v) is 48.7. The summed E-state index contributed by atoms with van der Waals surface area (Å²) in [6, 6.07) is 150. The van der Waals surface area contributed by atoms with E-state index in [1.165, 1.54) is 106 Å². The molecule has 0 saturated heterocycles. The van der Waals surface area contributed by atoms with E-state index in [0.717, 1.165) is 167 Å². The number of thiophene rings is 2. The lowest BCUT2D eigenvalue weighted by atomic mass is 9.97. The molecule has 31 rings (SSSR count). The standard InChI is InChI=1S/C46H28N4O.C40H23N3OS.C40H22N2O2S/c1-5-19-39-34(15-1)35-16-2-6-20-40(35)49(39)33-14-10-13-31(26-33)29-11-9-12-30(25-29)32-23-24-43-38(27-32)44-45(51-43)46(48-28-47-44)50-41-21-7-3-17-36(41)37-18-4-8-22-42(37)50;1-4-16-33-28(11-1)29-12-2-5-17-34(29)43(33)40-38-37(41-23-42-40)32-22-25(19-20-35(32)44-38)24-9-7-10-26(21-24)27-14-8-15-31-30-13-3-6-18-36(30)45-39(27)31;1-3-16-33-27(10-1)29-13-7-15-31(38(29)43-33)36-39-37(42-22-41-36)32-21-24(18-19-34(32)44-39)23-8-5-9-25(20-23)26-12-6-14-30-28-11-2-4-17-35(28)45-40(26)30/h1-28H;1-23H;1-22H. The van der Waals surface area contributed by atoms with Gasteiger partial charge in [0.05, 0.1) is 33.1 Å². The number of aromatic nitrogens is 9. The number of benzene rings is 19. The highest BCUT2D eigenvalue weighted by molar-refractivity contribution is 7.26. The lowest BCUT2D eigenvalue weighted by Crippen LogP contribution is -1.98. The van der Waals surface area contributed by atoms with E-state index >= 15 is 0 Å². The molecule has 0 fully saturated rings. The van der Waals surface area contributed by atoms with Crippen molar-refractivity contribution in [2.45, 2.75) is 0 Å². The van der Waals surface area contributed by atoms with Gasteiger partial charge in [0, 0.05) is 111 Å². The second kappa shape index (κ2) is 32.1. The van der Waals surface area contributed by atoms with Gasteiger partial charge in [-0.1, -0.05) is 297 Å². The highest BCUT2D eigenvalue weighted by Gasteiger charge is 2.27. The van der Waals surface area contributed by atoms with E-state index in [0.29, 0.717) is 16.7 Å². The lowest BCUT2D eigenvalue weighted by molar-refractivity contribution is 0.662. The molecule has 0 aliphatic rings. The van der Waals surface area contributed by atoms with Crippen molar-refractivity contribution < 1.29 is 17.7 Å². The molecule has 0 N–H and O–H groups in total. The zero-order chi connectivity index (χ0) is 92.4. The molecule has 12 heterocycles. The van der Waals surface area contributed by atoms with Crippen LogP contribution in [0, 0.1) is 0 Å². The van der Waals surface area contributed by atoms with Gasteiger partial charge in [-0.05, 0) is 194 Å². The van der Waals surface area contributed by atoms with E-state index in [4.69, 9.17) is 47.6 Å². The number of nitrogens with zero attached hydrogens (tertiary/aromatic N) is 9. The normalized spacial score (nSPS) is 12.0. The first-order chi connectivity index (χ1) is 69.9. The summed E-state index contributed by atoms with van der Waals surface area (Å²) < 4.78 is 37.9. The van der Waals surface area contributed by atoms with Crippen molar-refractivity contribution >= 4 is 217 Å². The van der Waals surface area contributed by atoms with Gasteiger partial charge in [0.2, 0.25) is 0 Å². The molecule has 0 saturated carbocycles. The molecule has 0 atom stereocenters. The first-order valence-electron chi connectivity index (χ1n) is 47.0. The van der Waals surface area contributed by atoms with Crippen LogP contribution in [0.5, 0.6) is 0 Å². The van der Waals surface area contributed by atoms with E-state index in [2.05, 4.69) is 402 Å². The third kappa shape index (κ3) is 12.8. The summed E-state index contributed by atoms with van der Waals surface area (Å²) in [6.07, 6.45) is 4.91. The van der Waals surface area contributed by atoms with Crippen molar-refractivity contribution in [3.63, 3.8) is 0 Å². The van der Waals surface area contributed by atoms with E-state index in [-0.39, 0.29) is 0 Å². The van der Waals surface area contributed by atoms with Crippen LogP contribution in [0.4, 0.5) is 0 Å². The van der Waals surface area contributed by atoms with Gasteiger partial charge in [-0.2, -0.15) is 0 Å². The van der Waals surface area contributed by atoms with Gasteiger partial charge in [-0.15, -0.1) is 22.7 Å². The van der Waals surface area contributed by atoms with Crippen LogP contribution in [0.15, 0.2) is 461 Å². The Bertz CT molecular complexity index is 10500. The summed E-state index contributed by atoms with van der Waals surface area (Å²) in [5.41, 5.74) is 31.9. The molecule has 31 aromatic rings. The minimum Gasteiger partial charge on any atom is -0.455 e. The maximum Gasteiger partial charge on any atom is 0.197 e. The van der Waals surface area contributed by atoms with E-state index < -0.39 is 0 Å². The largest absolute Gasteiger partial charge is 0.455 e. The van der Waals surface area contributed by atoms with E-state index in [9.17, 15) is 0 Å². The molecule has 0 radical (unpaired) electrons. The smallest absolute Gasteiger partial charge is 0.197 e. The summed E-state index contributed by atoms with van der Waals surface area (Å²) in [4.78, 5) is 28.4. The average molecular weight is 1840 g/mol. The predicted molar refractivity (Wildman–Crippen MR) is 582 cm³/mol. The summed E-state index contributed by atoms with van der Waals surface area (Å²) in [5.74, 6) is 1.48. The maximum absolute atomic E-state index is 6.55. The first kappa shape index (κ1) is 79.8. The molecule has 0 spiro atoms. The molecular weight excluding hydrogens is 1770 g/mol. The monoisotopic (exact) mass is 1840 g/mol. The molecule has 0 bridgehead atoms. The number of hydrogen-bond acceptors (Lipinski definition) is 12. The van der Waals surface area contributed by atoms with Crippen LogP contribution in [0.2, 0.25) is 0 Å².